The molecular formula is C14H18N4O. The third kappa shape index (κ3) is 2.46. The topological polar surface area (TPSA) is 62.7 Å². The number of rotatable bonds is 3. The molecule has 0 radical (unpaired) electrons. The van der Waals surface area contributed by atoms with Gasteiger partial charge < -0.3 is 10.3 Å². The molecule has 0 aliphatic heterocycles. The van der Waals surface area contributed by atoms with E-state index >= 15 is 0 Å². The number of pyridine rings is 1. The minimum absolute atomic E-state index is 0.00830. The maximum absolute atomic E-state index is 11.3. The van der Waals surface area contributed by atoms with Gasteiger partial charge in [-0.15, -0.1) is 0 Å². The van der Waals surface area contributed by atoms with Crippen LogP contribution < -0.4 is 10.9 Å². The molecule has 0 amide bonds. The van der Waals surface area contributed by atoms with Gasteiger partial charge in [-0.2, -0.15) is 5.10 Å². The summed E-state index contributed by atoms with van der Waals surface area (Å²) in [5.74, 6) is 0. The number of hydrogen-bond donors (Lipinski definition) is 2. The highest BCUT2D eigenvalue weighted by atomic mass is 16.1. The quantitative estimate of drug-likeness (QED) is 0.871. The minimum atomic E-state index is -0.00830. The van der Waals surface area contributed by atoms with Gasteiger partial charge in [0.15, 0.2) is 0 Å². The highest BCUT2D eigenvalue weighted by molar-refractivity contribution is 5.26. The first-order chi connectivity index (χ1) is 9.24. The van der Waals surface area contributed by atoms with Gasteiger partial charge in [0.1, 0.15) is 0 Å². The van der Waals surface area contributed by atoms with Gasteiger partial charge in [0, 0.05) is 37.6 Å². The van der Waals surface area contributed by atoms with Crippen LogP contribution in [0.25, 0.3) is 0 Å². The predicted molar refractivity (Wildman–Crippen MR) is 72.8 cm³/mol. The Kier molecular flexibility index (Phi) is 3.21. The van der Waals surface area contributed by atoms with Crippen molar-refractivity contribution >= 4 is 0 Å². The fourth-order valence-corrected chi connectivity index (χ4v) is 2.71. The number of fused-ring (bicyclic) bond motifs is 1. The van der Waals surface area contributed by atoms with Crippen LogP contribution in [-0.2, 0) is 20.0 Å². The second kappa shape index (κ2) is 5.01. The summed E-state index contributed by atoms with van der Waals surface area (Å²) in [7, 11) is 1.95. The minimum Gasteiger partial charge on any atom is -0.326 e. The second-order valence-corrected chi connectivity index (χ2v) is 5.03. The Hall–Kier alpha value is -1.88. The average Bonchev–Trinajstić information content (AvgIpc) is 2.81. The van der Waals surface area contributed by atoms with E-state index in [0.29, 0.717) is 6.04 Å². The SMILES string of the molecule is Cn1nccc1CNC1CCCc2[nH]c(=O)ccc21. The van der Waals surface area contributed by atoms with Crippen LogP contribution in [0, 0.1) is 0 Å². The summed E-state index contributed by atoms with van der Waals surface area (Å²) >= 11 is 0. The Morgan fingerprint density at radius 1 is 1.47 bits per heavy atom. The van der Waals surface area contributed by atoms with Crippen LogP contribution in [0.4, 0.5) is 0 Å². The highest BCUT2D eigenvalue weighted by Gasteiger charge is 2.20. The van der Waals surface area contributed by atoms with Gasteiger partial charge >= 0.3 is 0 Å². The Bertz CT molecular complexity index is 628. The van der Waals surface area contributed by atoms with Crippen molar-refractivity contribution in [3.63, 3.8) is 0 Å². The van der Waals surface area contributed by atoms with Gasteiger partial charge in [0.05, 0.1) is 5.69 Å². The van der Waals surface area contributed by atoms with Gasteiger partial charge in [-0.1, -0.05) is 6.07 Å². The molecule has 2 heterocycles. The van der Waals surface area contributed by atoms with Crippen molar-refractivity contribution in [1.82, 2.24) is 20.1 Å². The van der Waals surface area contributed by atoms with E-state index in [2.05, 4.69) is 15.4 Å². The molecule has 2 N–H and O–H groups in total. The third-order valence-corrected chi connectivity index (χ3v) is 3.78. The highest BCUT2D eigenvalue weighted by Crippen LogP contribution is 2.27. The summed E-state index contributed by atoms with van der Waals surface area (Å²) in [5, 5.41) is 7.72. The monoisotopic (exact) mass is 258 g/mol. The first kappa shape index (κ1) is 12.2. The number of aromatic amines is 1. The Labute approximate surface area is 111 Å². The molecule has 100 valence electrons. The number of aromatic nitrogens is 3. The average molecular weight is 258 g/mol. The number of hydrogen-bond acceptors (Lipinski definition) is 3. The van der Waals surface area contributed by atoms with E-state index in [1.165, 1.54) is 5.56 Å². The van der Waals surface area contributed by atoms with Crippen molar-refractivity contribution in [1.29, 1.82) is 0 Å². The van der Waals surface area contributed by atoms with Crippen molar-refractivity contribution in [3.8, 4) is 0 Å². The lowest BCUT2D eigenvalue weighted by atomic mass is 9.91. The molecule has 5 heteroatoms. The second-order valence-electron chi connectivity index (χ2n) is 5.03. The molecule has 1 atom stereocenters. The molecule has 3 rings (SSSR count). The number of nitrogens with zero attached hydrogens (tertiary/aromatic N) is 2. The molecule has 0 fully saturated rings. The molecule has 0 saturated carbocycles. The number of aryl methyl sites for hydroxylation is 2. The third-order valence-electron chi connectivity index (χ3n) is 3.78. The summed E-state index contributed by atoms with van der Waals surface area (Å²) in [6.45, 7) is 0.791. The van der Waals surface area contributed by atoms with E-state index in [1.54, 1.807) is 6.07 Å². The normalized spacial score (nSPS) is 18.3. The summed E-state index contributed by atoms with van der Waals surface area (Å²) in [6, 6.07) is 5.90. The fraction of sp³-hybridized carbons (Fsp3) is 0.429. The van der Waals surface area contributed by atoms with Gasteiger partial charge in [-0.25, -0.2) is 0 Å². The van der Waals surface area contributed by atoms with E-state index in [1.807, 2.05) is 30.1 Å². The van der Waals surface area contributed by atoms with E-state index in [4.69, 9.17) is 0 Å². The zero-order chi connectivity index (χ0) is 13.2. The van der Waals surface area contributed by atoms with Crippen LogP contribution in [-0.4, -0.2) is 14.8 Å². The molecular weight excluding hydrogens is 240 g/mol. The van der Waals surface area contributed by atoms with Gasteiger partial charge in [-0.3, -0.25) is 9.48 Å². The molecule has 0 saturated heterocycles. The predicted octanol–water partition coefficient (Wildman–Crippen LogP) is 1.28. The van der Waals surface area contributed by atoms with Crippen molar-refractivity contribution < 1.29 is 0 Å². The van der Waals surface area contributed by atoms with Crippen molar-refractivity contribution in [3.05, 3.63) is 51.7 Å². The maximum Gasteiger partial charge on any atom is 0.248 e. The van der Waals surface area contributed by atoms with E-state index in [-0.39, 0.29) is 5.56 Å². The first-order valence-electron chi connectivity index (χ1n) is 6.66. The van der Waals surface area contributed by atoms with Gasteiger partial charge in [-0.05, 0) is 30.9 Å². The van der Waals surface area contributed by atoms with Gasteiger partial charge in [0.2, 0.25) is 5.56 Å². The molecule has 0 bridgehead atoms. The van der Waals surface area contributed by atoms with Crippen molar-refractivity contribution in [2.75, 3.05) is 0 Å². The van der Waals surface area contributed by atoms with E-state index in [0.717, 1.165) is 37.2 Å². The lowest BCUT2D eigenvalue weighted by Crippen LogP contribution is -2.27. The van der Waals surface area contributed by atoms with Crippen LogP contribution >= 0.6 is 0 Å². The van der Waals surface area contributed by atoms with Gasteiger partial charge in [0.25, 0.3) is 0 Å². The number of H-pyrrole nitrogens is 1. The lowest BCUT2D eigenvalue weighted by molar-refractivity contribution is 0.445. The zero-order valence-electron chi connectivity index (χ0n) is 11.0. The summed E-state index contributed by atoms with van der Waals surface area (Å²) in [4.78, 5) is 14.3. The largest absolute Gasteiger partial charge is 0.326 e. The molecule has 1 aliphatic carbocycles. The smallest absolute Gasteiger partial charge is 0.248 e. The summed E-state index contributed by atoms with van der Waals surface area (Å²) in [5.41, 5.74) is 3.47. The molecule has 19 heavy (non-hydrogen) atoms. The Balaban J connectivity index is 1.77. The van der Waals surface area contributed by atoms with Crippen LogP contribution in [0.3, 0.4) is 0 Å². The Morgan fingerprint density at radius 2 is 2.37 bits per heavy atom. The molecule has 5 nitrogen and oxygen atoms in total. The maximum atomic E-state index is 11.3. The van der Waals surface area contributed by atoms with E-state index < -0.39 is 0 Å². The lowest BCUT2D eigenvalue weighted by Gasteiger charge is -2.26. The van der Waals surface area contributed by atoms with Crippen LogP contribution in [0.2, 0.25) is 0 Å². The molecule has 1 aliphatic rings. The van der Waals surface area contributed by atoms with E-state index in [9.17, 15) is 4.79 Å². The number of nitrogens with one attached hydrogen (secondary N) is 2. The molecule has 1 unspecified atom stereocenters. The molecule has 2 aromatic rings. The van der Waals surface area contributed by atoms with Crippen LogP contribution in [0.1, 0.15) is 35.8 Å². The first-order valence-corrected chi connectivity index (χ1v) is 6.66. The standard InChI is InChI=1S/C14H18N4O/c1-18-10(7-8-16-18)9-15-12-3-2-4-13-11(12)5-6-14(19)17-13/h5-8,12,15H,2-4,9H2,1H3,(H,17,19). The Morgan fingerprint density at radius 3 is 3.16 bits per heavy atom. The van der Waals surface area contributed by atoms with Crippen LogP contribution in [0.5, 0.6) is 0 Å². The van der Waals surface area contributed by atoms with Crippen molar-refractivity contribution in [2.45, 2.75) is 31.8 Å². The summed E-state index contributed by atoms with van der Waals surface area (Å²) in [6.07, 6.45) is 4.99. The fourth-order valence-electron chi connectivity index (χ4n) is 2.71. The van der Waals surface area contributed by atoms with Crippen LogP contribution in [0.15, 0.2) is 29.2 Å². The zero-order valence-corrected chi connectivity index (χ0v) is 11.0. The summed E-state index contributed by atoms with van der Waals surface area (Å²) < 4.78 is 1.88. The molecule has 0 spiro atoms. The molecule has 2 aromatic heterocycles. The molecule has 0 aromatic carbocycles. The van der Waals surface area contributed by atoms with Crippen molar-refractivity contribution in [2.24, 2.45) is 7.05 Å².